The third kappa shape index (κ3) is 3.73. The molecule has 0 aliphatic carbocycles. The van der Waals surface area contributed by atoms with Crippen LogP contribution in [0, 0.1) is 0 Å². The lowest BCUT2D eigenvalue weighted by atomic mass is 10.2. The van der Waals surface area contributed by atoms with Gasteiger partial charge < -0.3 is 16.5 Å². The maximum absolute atomic E-state index is 11.7. The molecule has 1 aromatic heterocycles. The summed E-state index contributed by atoms with van der Waals surface area (Å²) in [5.74, 6) is 0.0215. The predicted molar refractivity (Wildman–Crippen MR) is 70.3 cm³/mol. The molecule has 0 amide bonds. The SMILES string of the molecule is N[C@@H](CS)C(=O)S(=O)C(=O)[C@@H](N)Cc1cnc[nH]1. The first-order chi connectivity index (χ1) is 8.47. The minimum Gasteiger partial charge on any atom is -0.348 e. The van der Waals surface area contributed by atoms with Gasteiger partial charge in [-0.25, -0.2) is 9.19 Å². The largest absolute Gasteiger partial charge is 0.348 e. The zero-order valence-corrected chi connectivity index (χ0v) is 11.1. The molecule has 3 atom stereocenters. The average Bonchev–Trinajstić information content (AvgIpc) is 2.87. The Morgan fingerprint density at radius 3 is 2.50 bits per heavy atom. The predicted octanol–water partition coefficient (Wildman–Crippen LogP) is -1.66. The van der Waals surface area contributed by atoms with Crippen molar-refractivity contribution >= 4 is 33.7 Å². The number of hydrogen-bond donors (Lipinski definition) is 4. The second-order valence-electron chi connectivity index (χ2n) is 3.58. The molecule has 0 fully saturated rings. The number of H-pyrrole nitrogens is 1. The normalized spacial score (nSPS) is 15.9. The highest BCUT2D eigenvalue weighted by molar-refractivity contribution is 8.13. The first-order valence-electron chi connectivity index (χ1n) is 5.06. The van der Waals surface area contributed by atoms with Crippen LogP contribution in [0.25, 0.3) is 0 Å². The second-order valence-corrected chi connectivity index (χ2v) is 5.29. The molecule has 18 heavy (non-hydrogen) atoms. The number of imidazole rings is 1. The number of aromatic amines is 1. The third-order valence-electron chi connectivity index (χ3n) is 2.16. The fourth-order valence-electron chi connectivity index (χ4n) is 1.17. The lowest BCUT2D eigenvalue weighted by Gasteiger charge is -2.10. The molecule has 1 rings (SSSR count). The first kappa shape index (κ1) is 15.0. The van der Waals surface area contributed by atoms with Gasteiger partial charge in [-0.3, -0.25) is 9.59 Å². The van der Waals surface area contributed by atoms with Crippen LogP contribution < -0.4 is 11.5 Å². The van der Waals surface area contributed by atoms with E-state index in [1.165, 1.54) is 12.5 Å². The fraction of sp³-hybridized carbons (Fsp3) is 0.444. The van der Waals surface area contributed by atoms with E-state index in [1.807, 2.05) is 0 Å². The number of thiol groups is 1. The lowest BCUT2D eigenvalue weighted by molar-refractivity contribution is -0.114. The van der Waals surface area contributed by atoms with Crippen molar-refractivity contribution in [1.82, 2.24) is 9.97 Å². The molecule has 1 heterocycles. The number of nitrogens with one attached hydrogen (secondary N) is 1. The molecule has 0 bridgehead atoms. The topological polar surface area (TPSA) is 132 Å². The Morgan fingerprint density at radius 1 is 1.39 bits per heavy atom. The van der Waals surface area contributed by atoms with Crippen LogP contribution in [0.1, 0.15) is 5.69 Å². The molecule has 0 spiro atoms. The monoisotopic (exact) mass is 290 g/mol. The molecule has 100 valence electrons. The third-order valence-corrected chi connectivity index (χ3v) is 3.89. The minimum atomic E-state index is -2.34. The van der Waals surface area contributed by atoms with Gasteiger partial charge in [0.05, 0.1) is 18.4 Å². The summed E-state index contributed by atoms with van der Waals surface area (Å²) in [5.41, 5.74) is 11.6. The van der Waals surface area contributed by atoms with Gasteiger partial charge in [-0.15, -0.1) is 0 Å². The van der Waals surface area contributed by atoms with Crippen LogP contribution in [0.3, 0.4) is 0 Å². The second kappa shape index (κ2) is 6.78. The molecule has 9 heteroatoms. The van der Waals surface area contributed by atoms with Crippen molar-refractivity contribution in [2.24, 2.45) is 11.5 Å². The van der Waals surface area contributed by atoms with Gasteiger partial charge in [0, 0.05) is 24.1 Å². The number of nitrogens with two attached hydrogens (primary N) is 2. The number of rotatable bonds is 5. The molecule has 5 N–H and O–H groups in total. The van der Waals surface area contributed by atoms with E-state index in [2.05, 4.69) is 22.6 Å². The van der Waals surface area contributed by atoms with Crippen LogP contribution in [-0.4, -0.2) is 42.2 Å². The summed E-state index contributed by atoms with van der Waals surface area (Å²) in [6, 6.07) is -2.07. The van der Waals surface area contributed by atoms with Crippen LogP contribution in [0.4, 0.5) is 0 Å². The van der Waals surface area contributed by atoms with Crippen molar-refractivity contribution in [2.75, 3.05) is 5.75 Å². The van der Waals surface area contributed by atoms with E-state index < -0.39 is 33.1 Å². The summed E-state index contributed by atoms with van der Waals surface area (Å²) in [4.78, 5) is 29.6. The molecule has 0 saturated heterocycles. The molecule has 0 aromatic carbocycles. The Kier molecular flexibility index (Phi) is 5.66. The number of carbonyl (C=O) groups excluding carboxylic acids is 2. The quantitative estimate of drug-likeness (QED) is 0.480. The Hall–Kier alpha value is -1.03. The van der Waals surface area contributed by atoms with Gasteiger partial charge in [-0.1, -0.05) is 0 Å². The van der Waals surface area contributed by atoms with Crippen LogP contribution >= 0.6 is 12.6 Å². The summed E-state index contributed by atoms with van der Waals surface area (Å²) >= 11 is 3.81. The number of nitrogens with zero attached hydrogens (tertiary/aromatic N) is 1. The zero-order chi connectivity index (χ0) is 13.7. The van der Waals surface area contributed by atoms with Crippen LogP contribution in [0.5, 0.6) is 0 Å². The van der Waals surface area contributed by atoms with Crippen molar-refractivity contribution in [3.63, 3.8) is 0 Å². The van der Waals surface area contributed by atoms with Gasteiger partial charge >= 0.3 is 0 Å². The highest BCUT2D eigenvalue weighted by atomic mass is 32.2. The van der Waals surface area contributed by atoms with E-state index in [1.54, 1.807) is 0 Å². The summed E-state index contributed by atoms with van der Waals surface area (Å²) < 4.78 is 11.6. The van der Waals surface area contributed by atoms with Crippen LogP contribution in [0.15, 0.2) is 12.5 Å². The van der Waals surface area contributed by atoms with Crippen LogP contribution in [-0.2, 0) is 26.8 Å². The molecule has 0 saturated carbocycles. The van der Waals surface area contributed by atoms with Crippen molar-refractivity contribution < 1.29 is 13.8 Å². The zero-order valence-electron chi connectivity index (χ0n) is 9.41. The molecule has 1 unspecified atom stereocenters. The summed E-state index contributed by atoms with van der Waals surface area (Å²) in [5, 5.41) is -1.69. The fourth-order valence-corrected chi connectivity index (χ4v) is 2.37. The molecular formula is C9H14N4O3S2. The first-order valence-corrected chi connectivity index (χ1v) is 6.84. The summed E-state index contributed by atoms with van der Waals surface area (Å²) in [7, 11) is -2.34. The van der Waals surface area contributed by atoms with Gasteiger partial charge in [-0.05, 0) is 0 Å². The molecular weight excluding hydrogens is 276 g/mol. The van der Waals surface area contributed by atoms with E-state index in [4.69, 9.17) is 11.5 Å². The Bertz CT molecular complexity index is 449. The lowest BCUT2D eigenvalue weighted by Crippen LogP contribution is -2.43. The standard InChI is InChI=1S/C9H14N4O3S2/c10-6(1-5-2-12-4-13-5)8(14)18(16)9(15)7(11)3-17/h2,4,6-7,17H,1,3,10-11H2,(H,12,13)/t6-,7-,18?/m0/s1. The summed E-state index contributed by atoms with van der Waals surface area (Å²) in [6.45, 7) is 0. The highest BCUT2D eigenvalue weighted by Gasteiger charge is 2.29. The van der Waals surface area contributed by atoms with Gasteiger partial charge in [0.15, 0.2) is 10.8 Å². The Morgan fingerprint density at radius 2 is 2.00 bits per heavy atom. The van der Waals surface area contributed by atoms with Crippen LogP contribution in [0.2, 0.25) is 0 Å². The number of aromatic nitrogens is 2. The molecule has 7 nitrogen and oxygen atoms in total. The van der Waals surface area contributed by atoms with E-state index in [9.17, 15) is 13.8 Å². The van der Waals surface area contributed by atoms with Crippen molar-refractivity contribution in [2.45, 2.75) is 18.5 Å². The van der Waals surface area contributed by atoms with Gasteiger partial charge in [0.25, 0.3) is 0 Å². The average molecular weight is 290 g/mol. The molecule has 0 radical (unpaired) electrons. The van der Waals surface area contributed by atoms with Gasteiger partial charge in [0.2, 0.25) is 10.2 Å². The highest BCUT2D eigenvalue weighted by Crippen LogP contribution is 2.02. The molecule has 1 aromatic rings. The van der Waals surface area contributed by atoms with Crippen molar-refractivity contribution in [3.05, 3.63) is 18.2 Å². The Labute approximate surface area is 112 Å². The maximum atomic E-state index is 11.7. The number of carbonyl (C=O) groups is 2. The molecule has 0 aliphatic rings. The van der Waals surface area contributed by atoms with E-state index in [0.29, 0.717) is 5.69 Å². The molecule has 0 aliphatic heterocycles. The Balaban J connectivity index is 2.63. The number of hydrogen-bond acceptors (Lipinski definition) is 7. The van der Waals surface area contributed by atoms with Gasteiger partial charge in [-0.2, -0.15) is 12.6 Å². The van der Waals surface area contributed by atoms with E-state index in [-0.39, 0.29) is 12.2 Å². The smallest absolute Gasteiger partial charge is 0.244 e. The summed E-state index contributed by atoms with van der Waals surface area (Å²) in [6.07, 6.45) is 3.07. The van der Waals surface area contributed by atoms with E-state index in [0.717, 1.165) is 0 Å². The maximum Gasteiger partial charge on any atom is 0.244 e. The van der Waals surface area contributed by atoms with Gasteiger partial charge in [0.1, 0.15) is 0 Å². The minimum absolute atomic E-state index is 0.0215. The van der Waals surface area contributed by atoms with Crippen molar-refractivity contribution in [3.8, 4) is 0 Å². The van der Waals surface area contributed by atoms with Crippen molar-refractivity contribution in [1.29, 1.82) is 0 Å². The van der Waals surface area contributed by atoms with E-state index >= 15 is 0 Å².